The van der Waals surface area contributed by atoms with Gasteiger partial charge in [0.1, 0.15) is 18.4 Å². The normalized spacial score (nSPS) is 20.4. The maximum atomic E-state index is 13.8. The second-order valence-corrected chi connectivity index (χ2v) is 8.64. The summed E-state index contributed by atoms with van der Waals surface area (Å²) in [5.41, 5.74) is 1.28. The Labute approximate surface area is 214 Å². The smallest absolute Gasteiger partial charge is 0.449 e. The summed E-state index contributed by atoms with van der Waals surface area (Å²) in [4.78, 5) is 29.7. The van der Waals surface area contributed by atoms with E-state index in [2.05, 4.69) is 10.1 Å². The van der Waals surface area contributed by atoms with Gasteiger partial charge in [-0.2, -0.15) is 18.3 Å². The highest BCUT2D eigenvalue weighted by molar-refractivity contribution is 6.10. The number of hydrazone groups is 1. The summed E-state index contributed by atoms with van der Waals surface area (Å²) < 4.78 is 57.6. The van der Waals surface area contributed by atoms with Crippen molar-refractivity contribution in [3.63, 3.8) is 0 Å². The van der Waals surface area contributed by atoms with E-state index in [9.17, 15) is 22.8 Å². The lowest BCUT2D eigenvalue weighted by Crippen LogP contribution is -2.59. The lowest BCUT2D eigenvalue weighted by Gasteiger charge is -2.35. The molecule has 2 aliphatic heterocycles. The van der Waals surface area contributed by atoms with Gasteiger partial charge >= 0.3 is 12.1 Å². The highest BCUT2D eigenvalue weighted by atomic mass is 19.4. The van der Waals surface area contributed by atoms with Crippen LogP contribution in [0.15, 0.2) is 34.4 Å². The summed E-state index contributed by atoms with van der Waals surface area (Å²) in [5.74, 6) is -1.96. The lowest BCUT2D eigenvalue weighted by molar-refractivity contribution is -0.156. The van der Waals surface area contributed by atoms with Crippen LogP contribution in [0.5, 0.6) is 5.75 Å². The van der Waals surface area contributed by atoms with Crippen LogP contribution in [-0.4, -0.2) is 91.1 Å². The molecule has 1 aromatic carbocycles. The number of aliphatic imine (C=N–C) groups is 1. The molecule has 3 unspecified atom stereocenters. The van der Waals surface area contributed by atoms with Crippen LogP contribution in [0, 0.1) is 0 Å². The molecule has 2 aliphatic rings. The van der Waals surface area contributed by atoms with Gasteiger partial charge in [0, 0.05) is 20.1 Å². The SMILES string of the molecule is CCCC1=NN(C)C2C(=O)N(CCOc3ccc(CC(OCC)C(=O)OCC)cc3)C(C(F)(F)F)=NC12. The molecule has 0 aromatic heterocycles. The average Bonchev–Trinajstić information content (AvgIpc) is 3.16. The molecule has 0 aliphatic carbocycles. The van der Waals surface area contributed by atoms with Gasteiger partial charge in [-0.25, -0.2) is 4.79 Å². The van der Waals surface area contributed by atoms with E-state index in [1.54, 1.807) is 45.2 Å². The molecule has 0 saturated heterocycles. The summed E-state index contributed by atoms with van der Waals surface area (Å²) >= 11 is 0. The first kappa shape index (κ1) is 28.4. The van der Waals surface area contributed by atoms with Gasteiger partial charge in [0.15, 0.2) is 12.1 Å². The molecule has 9 nitrogen and oxygen atoms in total. The number of nitrogens with zero attached hydrogens (tertiary/aromatic N) is 4. The molecule has 0 N–H and O–H groups in total. The van der Waals surface area contributed by atoms with Gasteiger partial charge < -0.3 is 14.2 Å². The highest BCUT2D eigenvalue weighted by Crippen LogP contribution is 2.31. The van der Waals surface area contributed by atoms with Crippen LogP contribution < -0.4 is 4.74 Å². The fraction of sp³-hybridized carbons (Fsp3) is 0.600. The number of ether oxygens (including phenoxy) is 3. The predicted octanol–water partition coefficient (Wildman–Crippen LogP) is 3.22. The molecule has 0 fully saturated rings. The van der Waals surface area contributed by atoms with Gasteiger partial charge in [0.05, 0.1) is 18.9 Å². The van der Waals surface area contributed by atoms with E-state index in [4.69, 9.17) is 14.2 Å². The molecule has 12 heteroatoms. The second-order valence-electron chi connectivity index (χ2n) is 8.64. The third-order valence-electron chi connectivity index (χ3n) is 5.97. The number of alkyl halides is 3. The molecule has 3 atom stereocenters. The van der Waals surface area contributed by atoms with Crippen molar-refractivity contribution in [1.82, 2.24) is 9.91 Å². The lowest BCUT2D eigenvalue weighted by atomic mass is 9.98. The summed E-state index contributed by atoms with van der Waals surface area (Å²) in [5, 5.41) is 5.67. The van der Waals surface area contributed by atoms with Gasteiger partial charge in [-0.3, -0.25) is 19.7 Å². The van der Waals surface area contributed by atoms with Crippen LogP contribution in [-0.2, 0) is 25.5 Å². The number of esters is 1. The number of amidine groups is 1. The van der Waals surface area contributed by atoms with E-state index in [0.29, 0.717) is 42.2 Å². The number of carbonyl (C=O) groups is 2. The minimum atomic E-state index is -4.79. The van der Waals surface area contributed by atoms with Crippen molar-refractivity contribution in [3.05, 3.63) is 29.8 Å². The molecule has 204 valence electrons. The Morgan fingerprint density at radius 2 is 1.84 bits per heavy atom. The van der Waals surface area contributed by atoms with Crippen molar-refractivity contribution in [2.45, 2.75) is 64.4 Å². The molecule has 37 heavy (non-hydrogen) atoms. The molecule has 2 heterocycles. The number of likely N-dealkylation sites (N-methyl/N-ethyl adjacent to an activating group) is 1. The zero-order chi connectivity index (χ0) is 27.2. The highest BCUT2D eigenvalue weighted by Gasteiger charge is 2.53. The fourth-order valence-corrected chi connectivity index (χ4v) is 4.35. The van der Waals surface area contributed by atoms with E-state index in [0.717, 1.165) is 5.56 Å². The van der Waals surface area contributed by atoms with Crippen molar-refractivity contribution in [3.8, 4) is 5.75 Å². The van der Waals surface area contributed by atoms with E-state index in [-0.39, 0.29) is 19.8 Å². The fourth-order valence-electron chi connectivity index (χ4n) is 4.35. The number of halogens is 3. The standard InChI is InChI=1S/C25H33F3N4O5/c1-5-8-18-20-21(31(4)30-18)22(33)32(24(29-20)25(26,27)28)13-14-37-17-11-9-16(10-12-17)15-19(35-6-2)23(34)36-7-3/h9-12,19-21H,5-8,13-15H2,1-4H3. The van der Waals surface area contributed by atoms with Gasteiger partial charge in [-0.05, 0) is 38.0 Å². The largest absolute Gasteiger partial charge is 0.492 e. The molecular formula is C25H33F3N4O5. The zero-order valence-electron chi connectivity index (χ0n) is 21.5. The second kappa shape index (κ2) is 12.4. The van der Waals surface area contributed by atoms with Crippen molar-refractivity contribution in [1.29, 1.82) is 0 Å². The van der Waals surface area contributed by atoms with Crippen molar-refractivity contribution >= 4 is 23.4 Å². The Morgan fingerprint density at radius 1 is 1.14 bits per heavy atom. The van der Waals surface area contributed by atoms with Crippen LogP contribution >= 0.6 is 0 Å². The maximum Gasteiger partial charge on any atom is 0.449 e. The summed E-state index contributed by atoms with van der Waals surface area (Å²) in [6, 6.07) is 4.93. The third-order valence-corrected chi connectivity index (χ3v) is 5.97. The van der Waals surface area contributed by atoms with Crippen molar-refractivity contribution < 1.29 is 37.0 Å². The molecule has 1 aromatic rings. The van der Waals surface area contributed by atoms with Gasteiger partial charge in [-0.15, -0.1) is 0 Å². The number of fused-ring (bicyclic) bond motifs is 1. The molecule has 0 radical (unpaired) electrons. The Balaban J connectivity index is 1.65. The Bertz CT molecular complexity index is 1010. The number of hydrogen-bond donors (Lipinski definition) is 0. The van der Waals surface area contributed by atoms with Crippen LogP contribution in [0.2, 0.25) is 0 Å². The molecule has 0 saturated carbocycles. The number of carbonyl (C=O) groups excluding carboxylic acids is 2. The van der Waals surface area contributed by atoms with E-state index in [1.165, 1.54) is 5.01 Å². The van der Waals surface area contributed by atoms with Crippen LogP contribution in [0.3, 0.4) is 0 Å². The first-order chi connectivity index (χ1) is 17.6. The van der Waals surface area contributed by atoms with Crippen molar-refractivity contribution in [2.75, 3.05) is 33.4 Å². The van der Waals surface area contributed by atoms with Crippen LogP contribution in [0.25, 0.3) is 0 Å². The number of benzene rings is 1. The minimum Gasteiger partial charge on any atom is -0.492 e. The van der Waals surface area contributed by atoms with Gasteiger partial charge in [0.2, 0.25) is 5.84 Å². The Hall–Kier alpha value is -3.15. The summed E-state index contributed by atoms with van der Waals surface area (Å²) in [6.07, 6.45) is -4.07. The van der Waals surface area contributed by atoms with E-state index < -0.39 is 42.1 Å². The van der Waals surface area contributed by atoms with Gasteiger partial charge in [-0.1, -0.05) is 25.5 Å². The van der Waals surface area contributed by atoms with Crippen molar-refractivity contribution in [2.24, 2.45) is 10.1 Å². The third kappa shape index (κ3) is 6.79. The molecule has 0 bridgehead atoms. The number of amides is 1. The Kier molecular flexibility index (Phi) is 9.52. The summed E-state index contributed by atoms with van der Waals surface area (Å²) in [7, 11) is 1.57. The average molecular weight is 527 g/mol. The Morgan fingerprint density at radius 3 is 2.43 bits per heavy atom. The zero-order valence-corrected chi connectivity index (χ0v) is 21.5. The van der Waals surface area contributed by atoms with E-state index in [1.807, 2.05) is 6.92 Å². The molecule has 0 spiro atoms. The number of rotatable bonds is 12. The first-order valence-corrected chi connectivity index (χ1v) is 12.4. The van der Waals surface area contributed by atoms with Gasteiger partial charge in [0.25, 0.3) is 5.91 Å². The quantitative estimate of drug-likeness (QED) is 0.389. The molecular weight excluding hydrogens is 493 g/mol. The van der Waals surface area contributed by atoms with Crippen LogP contribution in [0.4, 0.5) is 13.2 Å². The maximum absolute atomic E-state index is 13.8. The monoisotopic (exact) mass is 526 g/mol. The topological polar surface area (TPSA) is 93.0 Å². The molecule has 1 amide bonds. The first-order valence-electron chi connectivity index (χ1n) is 12.4. The minimum absolute atomic E-state index is 0.172. The predicted molar refractivity (Wildman–Crippen MR) is 131 cm³/mol. The molecule has 3 rings (SSSR count). The summed E-state index contributed by atoms with van der Waals surface area (Å²) in [6.45, 7) is 5.50. The van der Waals surface area contributed by atoms with E-state index >= 15 is 0 Å². The van der Waals surface area contributed by atoms with Crippen LogP contribution in [0.1, 0.15) is 39.2 Å². The number of hydrogen-bond acceptors (Lipinski definition) is 8.